The van der Waals surface area contributed by atoms with Gasteiger partial charge in [0.05, 0.1) is 24.3 Å². The third-order valence-corrected chi connectivity index (χ3v) is 5.68. The van der Waals surface area contributed by atoms with Crippen LogP contribution < -0.4 is 4.90 Å². The van der Waals surface area contributed by atoms with E-state index in [-0.39, 0.29) is 41.6 Å². The average molecular weight is 450 g/mol. The first-order valence-corrected chi connectivity index (χ1v) is 10.6. The van der Waals surface area contributed by atoms with Crippen molar-refractivity contribution in [2.75, 3.05) is 11.5 Å². The van der Waals surface area contributed by atoms with Crippen LogP contribution in [0.1, 0.15) is 37.3 Å². The van der Waals surface area contributed by atoms with Crippen LogP contribution >= 0.6 is 11.3 Å². The third kappa shape index (κ3) is 5.22. The van der Waals surface area contributed by atoms with Gasteiger partial charge in [0, 0.05) is 18.2 Å². The number of hydrogen-bond acceptors (Lipinski definition) is 5. The number of benzene rings is 2. The smallest absolute Gasteiger partial charge is 0.306 e. The Labute approximate surface area is 181 Å². The minimum atomic E-state index is -1.32. The van der Waals surface area contributed by atoms with Crippen molar-refractivity contribution in [1.82, 2.24) is 4.98 Å². The maximum Gasteiger partial charge on any atom is 0.306 e. The largest absolute Gasteiger partial charge is 0.466 e. The molecule has 0 radical (unpaired) electrons. The number of halogens is 3. The first-order chi connectivity index (χ1) is 14.8. The summed E-state index contributed by atoms with van der Waals surface area (Å²) in [6.07, 6.45) is 0.553. The second-order valence-corrected chi connectivity index (χ2v) is 7.83. The molecule has 31 heavy (non-hydrogen) atoms. The summed E-state index contributed by atoms with van der Waals surface area (Å²) in [5.41, 5.74) is 1.16. The number of thiazole rings is 1. The Morgan fingerprint density at radius 1 is 1.10 bits per heavy atom. The highest BCUT2D eigenvalue weighted by Gasteiger charge is 2.22. The summed E-state index contributed by atoms with van der Waals surface area (Å²) >= 11 is 0.851. The lowest BCUT2D eigenvalue weighted by Gasteiger charge is -2.22. The van der Waals surface area contributed by atoms with Crippen molar-refractivity contribution in [1.29, 1.82) is 0 Å². The van der Waals surface area contributed by atoms with Crippen LogP contribution in [0.15, 0.2) is 30.3 Å². The molecule has 1 heterocycles. The molecule has 0 aliphatic carbocycles. The Morgan fingerprint density at radius 3 is 2.58 bits per heavy atom. The molecule has 0 saturated carbocycles. The number of aryl methyl sites for hydroxylation is 1. The molecule has 3 rings (SSSR count). The van der Waals surface area contributed by atoms with Crippen molar-refractivity contribution in [2.24, 2.45) is 0 Å². The van der Waals surface area contributed by atoms with E-state index in [1.807, 2.05) is 19.1 Å². The van der Waals surface area contributed by atoms with Gasteiger partial charge in [-0.05, 0) is 31.0 Å². The number of hydrogen-bond donors (Lipinski definition) is 0. The molecule has 1 aromatic heterocycles. The quantitative estimate of drug-likeness (QED) is 0.352. The molecular formula is C22H21F3N2O3S. The standard InChI is InChI=1S/C22H21F3N2O3S/c1-3-13-6-5-7-14(10-13)27(18(28)8-9-19(29)30-4-2)12-17-26-21-20(25)15(23)11-16(24)22(21)31-17/h5-7,10-11H,3-4,8-9,12H2,1-2H3. The van der Waals surface area contributed by atoms with Gasteiger partial charge in [-0.1, -0.05) is 19.1 Å². The highest BCUT2D eigenvalue weighted by Crippen LogP contribution is 2.30. The molecule has 2 aromatic carbocycles. The van der Waals surface area contributed by atoms with Crippen molar-refractivity contribution in [3.63, 3.8) is 0 Å². The van der Waals surface area contributed by atoms with Gasteiger partial charge in [0.25, 0.3) is 0 Å². The Balaban J connectivity index is 1.93. The highest BCUT2D eigenvalue weighted by atomic mass is 32.1. The molecule has 0 spiro atoms. The van der Waals surface area contributed by atoms with E-state index in [1.165, 1.54) is 4.90 Å². The van der Waals surface area contributed by atoms with E-state index in [0.29, 0.717) is 11.8 Å². The number of carbonyl (C=O) groups is 2. The lowest BCUT2D eigenvalue weighted by atomic mass is 10.1. The number of rotatable bonds is 8. The lowest BCUT2D eigenvalue weighted by molar-refractivity contribution is -0.144. The molecule has 0 aliphatic rings. The second-order valence-electron chi connectivity index (χ2n) is 6.75. The van der Waals surface area contributed by atoms with E-state index >= 15 is 0 Å². The summed E-state index contributed by atoms with van der Waals surface area (Å²) < 4.78 is 46.4. The summed E-state index contributed by atoms with van der Waals surface area (Å²) in [5, 5.41) is 0.241. The first kappa shape index (κ1) is 22.7. The van der Waals surface area contributed by atoms with Crippen LogP contribution in [0.2, 0.25) is 0 Å². The van der Waals surface area contributed by atoms with Gasteiger partial charge >= 0.3 is 5.97 Å². The van der Waals surface area contributed by atoms with Gasteiger partial charge < -0.3 is 9.64 Å². The number of nitrogens with zero attached hydrogens (tertiary/aromatic N) is 2. The summed E-state index contributed by atoms with van der Waals surface area (Å²) in [5.74, 6) is -4.32. The summed E-state index contributed by atoms with van der Waals surface area (Å²) in [6, 6.07) is 7.75. The van der Waals surface area contributed by atoms with Gasteiger partial charge in [-0.25, -0.2) is 18.2 Å². The van der Waals surface area contributed by atoms with Crippen LogP contribution in [0.4, 0.5) is 18.9 Å². The topological polar surface area (TPSA) is 59.5 Å². The minimum absolute atomic E-state index is 0.0747. The van der Waals surface area contributed by atoms with Crippen LogP contribution in [-0.4, -0.2) is 23.5 Å². The van der Waals surface area contributed by atoms with Gasteiger partial charge in [0.15, 0.2) is 11.6 Å². The molecule has 1 amide bonds. The molecule has 164 valence electrons. The van der Waals surface area contributed by atoms with E-state index in [9.17, 15) is 22.8 Å². The van der Waals surface area contributed by atoms with Gasteiger partial charge in [-0.15, -0.1) is 11.3 Å². The highest BCUT2D eigenvalue weighted by molar-refractivity contribution is 7.18. The Hall–Kier alpha value is -2.94. The van der Waals surface area contributed by atoms with Crippen LogP contribution in [-0.2, 0) is 27.3 Å². The molecule has 5 nitrogen and oxygen atoms in total. The summed E-state index contributed by atoms with van der Waals surface area (Å²) in [6.45, 7) is 3.79. The fraction of sp³-hybridized carbons (Fsp3) is 0.318. The van der Waals surface area contributed by atoms with Gasteiger partial charge in [0.1, 0.15) is 16.3 Å². The zero-order chi connectivity index (χ0) is 22.5. The van der Waals surface area contributed by atoms with Crippen molar-refractivity contribution in [2.45, 2.75) is 39.7 Å². The van der Waals surface area contributed by atoms with Gasteiger partial charge in [0.2, 0.25) is 5.91 Å². The molecule has 0 N–H and O–H groups in total. The molecule has 0 aliphatic heterocycles. The Bertz CT molecular complexity index is 1120. The number of amides is 1. The SMILES string of the molecule is CCOC(=O)CCC(=O)N(Cc1nc2c(F)c(F)cc(F)c2s1)c1cccc(CC)c1. The average Bonchev–Trinajstić information content (AvgIpc) is 3.19. The van der Waals surface area contributed by atoms with Crippen molar-refractivity contribution in [3.8, 4) is 0 Å². The van der Waals surface area contributed by atoms with Gasteiger partial charge in [-0.2, -0.15) is 0 Å². The second kappa shape index (κ2) is 9.91. The predicted octanol–water partition coefficient (Wildman–Crippen LogP) is 5.15. The zero-order valence-corrected chi connectivity index (χ0v) is 17.9. The van der Waals surface area contributed by atoms with Crippen LogP contribution in [0.25, 0.3) is 10.2 Å². The maximum absolute atomic E-state index is 14.1. The van der Waals surface area contributed by atoms with E-state index in [0.717, 1.165) is 23.3 Å². The Kier molecular flexibility index (Phi) is 7.27. The summed E-state index contributed by atoms with van der Waals surface area (Å²) in [7, 11) is 0. The monoisotopic (exact) mass is 450 g/mol. The first-order valence-electron chi connectivity index (χ1n) is 9.81. The minimum Gasteiger partial charge on any atom is -0.466 e. The number of fused-ring (bicyclic) bond motifs is 1. The number of carbonyl (C=O) groups excluding carboxylic acids is 2. The molecule has 3 aromatic rings. The fourth-order valence-corrected chi connectivity index (χ4v) is 4.03. The zero-order valence-electron chi connectivity index (χ0n) is 17.1. The van der Waals surface area contributed by atoms with Crippen molar-refractivity contribution in [3.05, 3.63) is 58.4 Å². The summed E-state index contributed by atoms with van der Waals surface area (Å²) in [4.78, 5) is 30.0. The fourth-order valence-electron chi connectivity index (χ4n) is 3.08. The van der Waals surface area contributed by atoms with Crippen LogP contribution in [0, 0.1) is 17.5 Å². The van der Waals surface area contributed by atoms with Crippen LogP contribution in [0.3, 0.4) is 0 Å². The molecule has 0 atom stereocenters. The van der Waals surface area contributed by atoms with Crippen molar-refractivity contribution >= 4 is 39.1 Å². The molecule has 9 heteroatoms. The molecule has 0 fully saturated rings. The van der Waals surface area contributed by atoms with E-state index in [2.05, 4.69) is 4.98 Å². The van der Waals surface area contributed by atoms with E-state index < -0.39 is 28.9 Å². The number of anilines is 1. The van der Waals surface area contributed by atoms with E-state index in [1.54, 1.807) is 19.1 Å². The maximum atomic E-state index is 14.1. The molecule has 0 unspecified atom stereocenters. The number of ether oxygens (including phenoxy) is 1. The number of aromatic nitrogens is 1. The lowest BCUT2D eigenvalue weighted by Crippen LogP contribution is -2.30. The van der Waals surface area contributed by atoms with Crippen LogP contribution in [0.5, 0.6) is 0 Å². The van der Waals surface area contributed by atoms with Crippen molar-refractivity contribution < 1.29 is 27.5 Å². The molecular weight excluding hydrogens is 429 g/mol. The molecule has 0 saturated heterocycles. The predicted molar refractivity (Wildman–Crippen MR) is 112 cm³/mol. The van der Waals surface area contributed by atoms with Gasteiger partial charge in [-0.3, -0.25) is 9.59 Å². The normalized spacial score (nSPS) is 11.0. The number of esters is 1. The van der Waals surface area contributed by atoms with E-state index in [4.69, 9.17) is 4.74 Å². The third-order valence-electron chi connectivity index (χ3n) is 4.63. The molecule has 0 bridgehead atoms. The Morgan fingerprint density at radius 2 is 1.87 bits per heavy atom.